The molecule has 8 heavy (non-hydrogen) atoms. The molecule has 0 heteroatoms. The van der Waals surface area contributed by atoms with Gasteiger partial charge in [-0.2, -0.15) is 0 Å². The maximum Gasteiger partial charge on any atom is -0.0351 e. The first-order valence-corrected chi connectivity index (χ1v) is 3.42. The molecule has 0 saturated carbocycles. The molecule has 0 aliphatic carbocycles. The van der Waals surface area contributed by atoms with Crippen LogP contribution in [0.5, 0.6) is 0 Å². The van der Waals surface area contributed by atoms with E-state index >= 15 is 0 Å². The minimum Gasteiger partial charge on any atom is -0.103 e. The molecule has 0 aliphatic rings. The van der Waals surface area contributed by atoms with Crippen LogP contribution in [0.4, 0.5) is 0 Å². The predicted molar refractivity (Wildman–Crippen MR) is 38.9 cm³/mol. The van der Waals surface area contributed by atoms with Crippen LogP contribution in [0, 0.1) is 5.92 Å². The van der Waals surface area contributed by atoms with Crippen molar-refractivity contribution in [3.8, 4) is 0 Å². The molecule has 0 saturated heterocycles. The van der Waals surface area contributed by atoms with Gasteiger partial charge in [-0.1, -0.05) is 26.3 Å². The largest absolute Gasteiger partial charge is 0.103 e. The van der Waals surface area contributed by atoms with E-state index in [0.717, 1.165) is 5.92 Å². The molecule has 0 aromatic rings. The lowest BCUT2D eigenvalue weighted by molar-refractivity contribution is 0.522. The first kappa shape index (κ1) is 7.74. The first-order chi connectivity index (χ1) is 3.81. The van der Waals surface area contributed by atoms with Crippen LogP contribution in [0.15, 0.2) is 12.7 Å². The average Bonchev–Trinajstić information content (AvgIpc) is 1.83. The molecule has 0 spiro atoms. The molecular weight excluding hydrogens is 96.1 g/mol. The van der Waals surface area contributed by atoms with E-state index in [1.54, 1.807) is 0 Å². The van der Waals surface area contributed by atoms with Crippen molar-refractivity contribution in [3.63, 3.8) is 0 Å². The zero-order chi connectivity index (χ0) is 6.41. The van der Waals surface area contributed by atoms with Crippen molar-refractivity contribution in [2.24, 2.45) is 5.92 Å². The lowest BCUT2D eigenvalue weighted by Crippen LogP contribution is -1.88. The summed E-state index contributed by atoms with van der Waals surface area (Å²) in [5.41, 5.74) is 0. The summed E-state index contributed by atoms with van der Waals surface area (Å²) in [7, 11) is 0. The molecule has 0 radical (unpaired) electrons. The van der Waals surface area contributed by atoms with Crippen molar-refractivity contribution in [1.29, 1.82) is 0 Å². The molecule has 0 bridgehead atoms. The monoisotopic (exact) mass is 112 g/mol. The first-order valence-electron chi connectivity index (χ1n) is 3.42. The highest BCUT2D eigenvalue weighted by molar-refractivity contribution is 4.67. The van der Waals surface area contributed by atoms with Crippen molar-refractivity contribution in [2.75, 3.05) is 0 Å². The van der Waals surface area contributed by atoms with Crippen molar-refractivity contribution < 1.29 is 0 Å². The second-order valence-electron chi connectivity index (χ2n) is 2.38. The SMILES string of the molecule is C=CCC[C@H](C)CC. The number of allylic oxidation sites excluding steroid dienone is 1. The van der Waals surface area contributed by atoms with Gasteiger partial charge in [0.1, 0.15) is 0 Å². The molecule has 0 amide bonds. The van der Waals surface area contributed by atoms with Crippen LogP contribution in [0.25, 0.3) is 0 Å². The van der Waals surface area contributed by atoms with Gasteiger partial charge in [-0.15, -0.1) is 6.58 Å². The van der Waals surface area contributed by atoms with Crippen LogP contribution in [0.1, 0.15) is 33.1 Å². The topological polar surface area (TPSA) is 0 Å². The minimum absolute atomic E-state index is 0.882. The van der Waals surface area contributed by atoms with Crippen molar-refractivity contribution in [2.45, 2.75) is 33.1 Å². The van der Waals surface area contributed by atoms with Gasteiger partial charge < -0.3 is 0 Å². The summed E-state index contributed by atoms with van der Waals surface area (Å²) in [6, 6.07) is 0. The van der Waals surface area contributed by atoms with Gasteiger partial charge in [0.15, 0.2) is 0 Å². The van der Waals surface area contributed by atoms with E-state index < -0.39 is 0 Å². The summed E-state index contributed by atoms with van der Waals surface area (Å²) in [5, 5.41) is 0. The average molecular weight is 112 g/mol. The molecule has 0 aliphatic heterocycles. The van der Waals surface area contributed by atoms with Gasteiger partial charge >= 0.3 is 0 Å². The molecule has 0 aromatic carbocycles. The summed E-state index contributed by atoms with van der Waals surface area (Å²) in [5.74, 6) is 0.882. The molecule has 0 heterocycles. The molecule has 0 rings (SSSR count). The molecule has 0 fully saturated rings. The van der Waals surface area contributed by atoms with Crippen LogP contribution in [0.2, 0.25) is 0 Å². The molecule has 1 atom stereocenters. The Morgan fingerprint density at radius 1 is 1.62 bits per heavy atom. The maximum atomic E-state index is 3.67. The Bertz CT molecular complexity index is 55.1. The van der Waals surface area contributed by atoms with Crippen LogP contribution in [-0.2, 0) is 0 Å². The number of hydrogen-bond acceptors (Lipinski definition) is 0. The van der Waals surface area contributed by atoms with Gasteiger partial charge in [0, 0.05) is 0 Å². The van der Waals surface area contributed by atoms with E-state index in [9.17, 15) is 0 Å². The van der Waals surface area contributed by atoms with Crippen LogP contribution in [0.3, 0.4) is 0 Å². The van der Waals surface area contributed by atoms with Crippen LogP contribution < -0.4 is 0 Å². The van der Waals surface area contributed by atoms with E-state index in [0.29, 0.717) is 0 Å². The zero-order valence-corrected chi connectivity index (χ0v) is 5.98. The number of rotatable bonds is 4. The Hall–Kier alpha value is -0.260. The van der Waals surface area contributed by atoms with Gasteiger partial charge in [-0.25, -0.2) is 0 Å². The van der Waals surface area contributed by atoms with E-state index in [4.69, 9.17) is 0 Å². The van der Waals surface area contributed by atoms with Crippen molar-refractivity contribution in [3.05, 3.63) is 12.7 Å². The Kier molecular flexibility index (Phi) is 4.73. The zero-order valence-electron chi connectivity index (χ0n) is 5.98. The highest BCUT2D eigenvalue weighted by Gasteiger charge is 1.93. The second kappa shape index (κ2) is 4.89. The lowest BCUT2D eigenvalue weighted by Gasteiger charge is -2.03. The Morgan fingerprint density at radius 3 is 2.62 bits per heavy atom. The van der Waals surface area contributed by atoms with Gasteiger partial charge in [-0.05, 0) is 18.8 Å². The molecule has 0 N–H and O–H groups in total. The molecule has 0 nitrogen and oxygen atoms in total. The summed E-state index contributed by atoms with van der Waals surface area (Å²) < 4.78 is 0. The van der Waals surface area contributed by atoms with E-state index in [-0.39, 0.29) is 0 Å². The van der Waals surface area contributed by atoms with Gasteiger partial charge in [0.2, 0.25) is 0 Å². The molecule has 48 valence electrons. The summed E-state index contributed by atoms with van der Waals surface area (Å²) in [4.78, 5) is 0. The fraction of sp³-hybridized carbons (Fsp3) is 0.750. The Labute approximate surface area is 52.6 Å². The fourth-order valence-electron chi connectivity index (χ4n) is 0.606. The van der Waals surface area contributed by atoms with Gasteiger partial charge in [-0.3, -0.25) is 0 Å². The highest BCUT2D eigenvalue weighted by Crippen LogP contribution is 2.08. The van der Waals surface area contributed by atoms with Crippen LogP contribution in [-0.4, -0.2) is 0 Å². The normalized spacial score (nSPS) is 13.2. The lowest BCUT2D eigenvalue weighted by atomic mass is 10.0. The summed E-state index contributed by atoms with van der Waals surface area (Å²) in [6.07, 6.45) is 5.77. The number of hydrogen-bond donors (Lipinski definition) is 0. The fourth-order valence-corrected chi connectivity index (χ4v) is 0.606. The van der Waals surface area contributed by atoms with E-state index in [1.807, 2.05) is 6.08 Å². The Morgan fingerprint density at radius 2 is 2.25 bits per heavy atom. The predicted octanol–water partition coefficient (Wildman–Crippen LogP) is 3.00. The Balaban J connectivity index is 2.97. The third-order valence-corrected chi connectivity index (χ3v) is 1.56. The maximum absolute atomic E-state index is 3.67. The van der Waals surface area contributed by atoms with E-state index in [2.05, 4.69) is 20.4 Å². The van der Waals surface area contributed by atoms with Crippen molar-refractivity contribution in [1.82, 2.24) is 0 Å². The molecular formula is C8H16. The van der Waals surface area contributed by atoms with Crippen molar-refractivity contribution >= 4 is 0 Å². The second-order valence-corrected chi connectivity index (χ2v) is 2.38. The third-order valence-electron chi connectivity index (χ3n) is 1.56. The quantitative estimate of drug-likeness (QED) is 0.490. The molecule has 0 unspecified atom stereocenters. The van der Waals surface area contributed by atoms with E-state index in [1.165, 1.54) is 19.3 Å². The third kappa shape index (κ3) is 3.91. The smallest absolute Gasteiger partial charge is 0.0351 e. The van der Waals surface area contributed by atoms with Gasteiger partial charge in [0.25, 0.3) is 0 Å². The molecule has 0 aromatic heterocycles. The minimum atomic E-state index is 0.882. The summed E-state index contributed by atoms with van der Waals surface area (Å²) in [6.45, 7) is 8.18. The summed E-state index contributed by atoms with van der Waals surface area (Å²) >= 11 is 0. The standard InChI is InChI=1S/C8H16/c1-4-6-7-8(3)5-2/h4,8H,1,5-7H2,2-3H3/t8-/m1/s1. The van der Waals surface area contributed by atoms with Crippen LogP contribution >= 0.6 is 0 Å². The highest BCUT2D eigenvalue weighted by atomic mass is 14.0. The van der Waals surface area contributed by atoms with Gasteiger partial charge in [0.05, 0.1) is 0 Å².